The number of rotatable bonds is 10. The van der Waals surface area contributed by atoms with Gasteiger partial charge in [-0.1, -0.05) is 6.07 Å². The quantitative estimate of drug-likeness (QED) is 0.222. The summed E-state index contributed by atoms with van der Waals surface area (Å²) in [4.78, 5) is 63.8. The van der Waals surface area contributed by atoms with Crippen molar-refractivity contribution in [2.45, 2.75) is 57.9 Å². The average Bonchev–Trinajstić information content (AvgIpc) is 3.66. The number of ether oxygens (including phenoxy) is 2. The summed E-state index contributed by atoms with van der Waals surface area (Å²) in [5.74, 6) is 0.412. The number of benzene rings is 2. The first-order valence-electron chi connectivity index (χ1n) is 20.5. The van der Waals surface area contributed by atoms with E-state index in [4.69, 9.17) is 14.6 Å². The highest BCUT2D eigenvalue weighted by Crippen LogP contribution is 2.42. The van der Waals surface area contributed by atoms with E-state index < -0.39 is 6.03 Å². The van der Waals surface area contributed by atoms with Gasteiger partial charge in [-0.05, 0) is 100 Å². The SMILES string of the molecule is COc1cc2nn(C3CCN(CCN4CCC5(CC4)CCN(C(=O)c4ccc(OC)c(N6CCC(=O)NC6=O)c4)CC5)CC3)cc2cc1NC(=O)c1cccc(C)n1. The van der Waals surface area contributed by atoms with E-state index in [-0.39, 0.29) is 36.1 Å². The van der Waals surface area contributed by atoms with Crippen molar-refractivity contribution < 1.29 is 28.7 Å². The molecule has 0 saturated carbocycles. The maximum atomic E-state index is 13.7. The molecule has 15 nitrogen and oxygen atoms in total. The van der Waals surface area contributed by atoms with Crippen molar-refractivity contribution in [3.63, 3.8) is 0 Å². The molecule has 2 aromatic carbocycles. The molecule has 0 bridgehead atoms. The number of likely N-dealkylation sites (tertiary alicyclic amines) is 3. The molecule has 0 aliphatic carbocycles. The third-order valence-corrected chi connectivity index (χ3v) is 12.7. The van der Waals surface area contributed by atoms with Crippen LogP contribution in [0, 0.1) is 12.3 Å². The molecular formula is C43H53N9O6. The van der Waals surface area contributed by atoms with Gasteiger partial charge in [-0.3, -0.25) is 29.3 Å². The molecule has 0 unspecified atom stereocenters. The lowest BCUT2D eigenvalue weighted by molar-refractivity contribution is -0.120. The first kappa shape index (κ1) is 39.3. The molecule has 4 saturated heterocycles. The normalized spacial score (nSPS) is 19.4. The van der Waals surface area contributed by atoms with Gasteiger partial charge in [-0.25, -0.2) is 9.78 Å². The fourth-order valence-electron chi connectivity index (χ4n) is 9.02. The van der Waals surface area contributed by atoms with Crippen molar-refractivity contribution in [2.24, 2.45) is 5.41 Å². The summed E-state index contributed by atoms with van der Waals surface area (Å²) in [7, 11) is 3.12. The smallest absolute Gasteiger partial charge is 0.328 e. The number of imide groups is 1. The summed E-state index contributed by atoms with van der Waals surface area (Å²) < 4.78 is 13.2. The highest BCUT2D eigenvalue weighted by molar-refractivity contribution is 6.07. The molecule has 5 amide bonds. The van der Waals surface area contributed by atoms with Crippen molar-refractivity contribution in [2.75, 3.05) is 83.3 Å². The predicted octanol–water partition coefficient (Wildman–Crippen LogP) is 5.11. The van der Waals surface area contributed by atoms with Crippen molar-refractivity contribution >= 4 is 46.0 Å². The number of carbonyl (C=O) groups excluding carboxylic acids is 4. The zero-order valence-electron chi connectivity index (χ0n) is 33.7. The second-order valence-electron chi connectivity index (χ2n) is 16.2. The number of hydrogen-bond donors (Lipinski definition) is 2. The minimum Gasteiger partial charge on any atom is -0.495 e. The topological polar surface area (TPSA) is 154 Å². The Morgan fingerprint density at radius 3 is 2.26 bits per heavy atom. The van der Waals surface area contributed by atoms with Crippen LogP contribution in [0.5, 0.6) is 11.5 Å². The van der Waals surface area contributed by atoms with Gasteiger partial charge >= 0.3 is 6.03 Å². The number of hydrogen-bond acceptors (Lipinski definition) is 10. The van der Waals surface area contributed by atoms with E-state index >= 15 is 0 Å². The number of amides is 5. The lowest BCUT2D eigenvalue weighted by atomic mass is 9.71. The molecule has 1 spiro atoms. The van der Waals surface area contributed by atoms with Crippen LogP contribution in [0.2, 0.25) is 0 Å². The number of pyridine rings is 1. The fourth-order valence-corrected chi connectivity index (χ4v) is 9.02. The Morgan fingerprint density at radius 1 is 0.862 bits per heavy atom. The van der Waals surface area contributed by atoms with E-state index in [2.05, 4.69) is 36.3 Å². The number of aromatic nitrogens is 3. The van der Waals surface area contributed by atoms with E-state index in [1.54, 1.807) is 31.4 Å². The van der Waals surface area contributed by atoms with E-state index in [1.807, 2.05) is 36.1 Å². The molecule has 8 rings (SSSR count). The van der Waals surface area contributed by atoms with Crippen LogP contribution in [0.3, 0.4) is 0 Å². The third-order valence-electron chi connectivity index (χ3n) is 12.7. The van der Waals surface area contributed by atoms with E-state index in [0.717, 1.165) is 107 Å². The maximum absolute atomic E-state index is 13.7. The molecule has 15 heteroatoms. The van der Waals surface area contributed by atoms with Gasteiger partial charge < -0.3 is 29.5 Å². The van der Waals surface area contributed by atoms with Gasteiger partial charge in [-0.15, -0.1) is 0 Å². The molecule has 306 valence electrons. The summed E-state index contributed by atoms with van der Waals surface area (Å²) in [5, 5.41) is 11.2. The number of methoxy groups -OCH3 is 2. The number of piperidine rings is 3. The molecule has 4 aliphatic rings. The highest BCUT2D eigenvalue weighted by Gasteiger charge is 2.39. The number of nitrogens with zero attached hydrogens (tertiary/aromatic N) is 7. The average molecular weight is 792 g/mol. The van der Waals surface area contributed by atoms with Crippen molar-refractivity contribution in [3.8, 4) is 11.5 Å². The standard InChI is InChI=1S/C43H53N9O6/c1-29-5-4-6-33(44-29)40(54)45-35-25-31-28-52(47-34(31)27-38(35)58-3)32-9-16-48(17-10-32)23-24-49-19-12-43(13-20-49)14-21-50(22-15-43)41(55)30-7-8-37(57-2)36(26-30)51-18-11-39(53)46-42(51)56/h4-8,25-28,32H,9-24H2,1-3H3,(H,45,54)(H,46,53,56). The molecule has 58 heavy (non-hydrogen) atoms. The fraction of sp³-hybridized carbons (Fsp3) is 0.488. The molecule has 4 aliphatic heterocycles. The maximum Gasteiger partial charge on any atom is 0.328 e. The Labute approximate surface area is 338 Å². The van der Waals surface area contributed by atoms with E-state index in [0.29, 0.717) is 40.2 Å². The largest absolute Gasteiger partial charge is 0.495 e. The van der Waals surface area contributed by atoms with Gasteiger partial charge in [0, 0.05) is 81.1 Å². The van der Waals surface area contributed by atoms with Crippen LogP contribution in [0.4, 0.5) is 16.2 Å². The zero-order valence-corrected chi connectivity index (χ0v) is 33.7. The molecule has 2 N–H and O–H groups in total. The monoisotopic (exact) mass is 791 g/mol. The molecule has 2 aromatic heterocycles. The highest BCUT2D eigenvalue weighted by atomic mass is 16.5. The van der Waals surface area contributed by atoms with Crippen LogP contribution >= 0.6 is 0 Å². The van der Waals surface area contributed by atoms with Gasteiger partial charge in [0.15, 0.2) is 0 Å². The molecule has 0 atom stereocenters. The van der Waals surface area contributed by atoms with Crippen LogP contribution in [0.25, 0.3) is 10.9 Å². The summed E-state index contributed by atoms with van der Waals surface area (Å²) in [6, 6.07) is 14.2. The zero-order chi connectivity index (χ0) is 40.4. The Balaban J connectivity index is 0.786. The Hall–Kier alpha value is -5.54. The molecule has 4 aromatic rings. The molecule has 0 radical (unpaired) electrons. The van der Waals surface area contributed by atoms with Gasteiger partial charge in [0.05, 0.1) is 37.2 Å². The van der Waals surface area contributed by atoms with Crippen molar-refractivity contribution in [1.82, 2.24) is 34.8 Å². The van der Waals surface area contributed by atoms with Crippen LogP contribution in [0.1, 0.15) is 77.5 Å². The number of fused-ring (bicyclic) bond motifs is 1. The van der Waals surface area contributed by atoms with Crippen LogP contribution < -0.4 is 25.0 Å². The van der Waals surface area contributed by atoms with E-state index in [9.17, 15) is 19.2 Å². The Kier molecular flexibility index (Phi) is 11.3. The molecule has 4 fully saturated rings. The second kappa shape index (κ2) is 16.7. The summed E-state index contributed by atoms with van der Waals surface area (Å²) in [6.45, 7) is 9.87. The summed E-state index contributed by atoms with van der Waals surface area (Å²) in [6.07, 6.45) is 8.62. The van der Waals surface area contributed by atoms with E-state index in [1.165, 1.54) is 12.0 Å². The summed E-state index contributed by atoms with van der Waals surface area (Å²) >= 11 is 0. The van der Waals surface area contributed by atoms with Crippen molar-refractivity contribution in [1.29, 1.82) is 0 Å². The van der Waals surface area contributed by atoms with Crippen LogP contribution in [-0.4, -0.2) is 126 Å². The van der Waals surface area contributed by atoms with Gasteiger partial charge in [0.2, 0.25) is 5.91 Å². The number of nitrogens with one attached hydrogen (secondary N) is 2. The Morgan fingerprint density at radius 2 is 1.57 bits per heavy atom. The lowest BCUT2D eigenvalue weighted by Gasteiger charge is -2.47. The van der Waals surface area contributed by atoms with Crippen LogP contribution in [-0.2, 0) is 4.79 Å². The van der Waals surface area contributed by atoms with Crippen molar-refractivity contribution in [3.05, 3.63) is 71.7 Å². The lowest BCUT2D eigenvalue weighted by Crippen LogP contribution is -2.50. The minimum atomic E-state index is -0.506. The number of anilines is 2. The van der Waals surface area contributed by atoms with Crippen LogP contribution in [0.15, 0.2) is 54.7 Å². The molecule has 6 heterocycles. The minimum absolute atomic E-state index is 0.0406. The predicted molar refractivity (Wildman–Crippen MR) is 220 cm³/mol. The Bertz CT molecular complexity index is 2180. The number of urea groups is 1. The number of aryl methyl sites for hydroxylation is 1. The first-order chi connectivity index (χ1) is 28.1. The number of carbonyl (C=O) groups is 4. The first-order valence-corrected chi connectivity index (χ1v) is 20.5. The molecular weight excluding hydrogens is 739 g/mol. The van der Waals surface area contributed by atoms with Gasteiger partial charge in [-0.2, -0.15) is 5.10 Å². The third kappa shape index (κ3) is 8.37. The van der Waals surface area contributed by atoms with Gasteiger partial charge in [0.1, 0.15) is 17.2 Å². The second-order valence-corrected chi connectivity index (χ2v) is 16.2. The summed E-state index contributed by atoms with van der Waals surface area (Å²) in [5.41, 5.74) is 3.85. The van der Waals surface area contributed by atoms with Gasteiger partial charge in [0.25, 0.3) is 11.8 Å².